The van der Waals surface area contributed by atoms with Gasteiger partial charge in [-0.15, -0.1) is 0 Å². The van der Waals surface area contributed by atoms with Gasteiger partial charge in [-0.25, -0.2) is 4.98 Å². The van der Waals surface area contributed by atoms with Crippen LogP contribution in [0.25, 0.3) is 0 Å². The van der Waals surface area contributed by atoms with Crippen LogP contribution in [0.4, 0.5) is 5.69 Å². The topological polar surface area (TPSA) is 109 Å². The molecule has 0 spiro atoms. The highest BCUT2D eigenvalue weighted by Gasteiger charge is 2.49. The number of rotatable bonds is 7. The number of hydrogen-bond donors (Lipinski definition) is 3. The summed E-state index contributed by atoms with van der Waals surface area (Å²) in [5, 5.41) is 19.1. The molecule has 1 saturated carbocycles. The van der Waals surface area contributed by atoms with Gasteiger partial charge in [0.05, 0.1) is 11.5 Å². The highest BCUT2D eigenvalue weighted by molar-refractivity contribution is 5.94. The van der Waals surface area contributed by atoms with Crippen LogP contribution in [-0.2, 0) is 16.3 Å². The minimum absolute atomic E-state index is 0.0212. The second kappa shape index (κ2) is 12.1. The molecule has 2 aromatic carbocycles. The van der Waals surface area contributed by atoms with E-state index < -0.39 is 11.6 Å². The second-order valence-corrected chi connectivity index (χ2v) is 13.2. The van der Waals surface area contributed by atoms with Crippen LogP contribution in [0.1, 0.15) is 86.7 Å². The molecule has 1 saturated heterocycles. The van der Waals surface area contributed by atoms with Gasteiger partial charge < -0.3 is 20.5 Å². The second-order valence-electron chi connectivity index (χ2n) is 13.2. The lowest BCUT2D eigenvalue weighted by Crippen LogP contribution is -2.52. The molecule has 1 unspecified atom stereocenters. The Morgan fingerprint density at radius 3 is 2.60 bits per heavy atom. The third-order valence-corrected chi connectivity index (χ3v) is 9.37. The monoisotopic (exact) mass is 585 g/mol. The van der Waals surface area contributed by atoms with Gasteiger partial charge in [-0.05, 0) is 63.8 Å². The number of fused-ring (bicyclic) bond motifs is 3. The van der Waals surface area contributed by atoms with E-state index in [0.29, 0.717) is 5.56 Å². The summed E-state index contributed by atoms with van der Waals surface area (Å²) in [6.45, 7) is 6.36. The van der Waals surface area contributed by atoms with Gasteiger partial charge in [0.1, 0.15) is 12.1 Å². The molecule has 1 aromatic heterocycles. The maximum atomic E-state index is 13.1. The summed E-state index contributed by atoms with van der Waals surface area (Å²) in [5.74, 6) is 0.538. The van der Waals surface area contributed by atoms with Crippen LogP contribution in [0.2, 0.25) is 0 Å². The molecule has 2 fully saturated rings. The third-order valence-electron chi connectivity index (χ3n) is 9.37. The number of carbonyl (C=O) groups is 2. The number of imidazole rings is 1. The number of likely N-dealkylation sites (tertiary alicyclic amines) is 1. The normalized spacial score (nSPS) is 26.1. The van der Waals surface area contributed by atoms with E-state index in [4.69, 9.17) is 9.72 Å². The van der Waals surface area contributed by atoms with E-state index in [0.717, 1.165) is 50.2 Å². The summed E-state index contributed by atoms with van der Waals surface area (Å²) in [4.78, 5) is 32.6. The van der Waals surface area contributed by atoms with Gasteiger partial charge in [0, 0.05) is 54.1 Å². The Morgan fingerprint density at radius 2 is 1.81 bits per heavy atom. The summed E-state index contributed by atoms with van der Waals surface area (Å²) < 4.78 is 7.55. The number of aliphatic hydroxyl groups is 1. The van der Waals surface area contributed by atoms with Crippen LogP contribution in [-0.4, -0.2) is 50.2 Å². The molecule has 228 valence electrons. The summed E-state index contributed by atoms with van der Waals surface area (Å²) in [6.07, 6.45) is 7.56. The summed E-state index contributed by atoms with van der Waals surface area (Å²) in [5.41, 5.74) is 2.24. The quantitative estimate of drug-likeness (QED) is 0.324. The van der Waals surface area contributed by atoms with Crippen LogP contribution in [0.15, 0.2) is 67.0 Å². The Hall–Kier alpha value is -3.69. The van der Waals surface area contributed by atoms with E-state index in [2.05, 4.69) is 33.7 Å². The van der Waals surface area contributed by atoms with Crippen molar-refractivity contribution in [3.05, 3.63) is 83.9 Å². The highest BCUT2D eigenvalue weighted by atomic mass is 16.5. The van der Waals surface area contributed by atoms with E-state index >= 15 is 0 Å². The first kappa shape index (κ1) is 29.4. The van der Waals surface area contributed by atoms with E-state index in [1.807, 2.05) is 67.9 Å². The average molecular weight is 586 g/mol. The van der Waals surface area contributed by atoms with Crippen molar-refractivity contribution in [2.75, 3.05) is 11.9 Å². The van der Waals surface area contributed by atoms with Crippen molar-refractivity contribution in [3.8, 4) is 0 Å². The number of hydrogen-bond acceptors (Lipinski definition) is 7. The number of carbonyl (C=O) groups excluding carboxylic acids is 2. The Labute approximate surface area is 253 Å². The van der Waals surface area contributed by atoms with Crippen LogP contribution in [0.5, 0.6) is 0 Å². The molecule has 9 heteroatoms. The van der Waals surface area contributed by atoms with Gasteiger partial charge in [0.2, 0.25) is 0 Å². The zero-order valence-corrected chi connectivity index (χ0v) is 25.3. The number of nitrogens with one attached hydrogen (secondary N) is 2. The first-order valence-corrected chi connectivity index (χ1v) is 15.6. The Balaban J connectivity index is 1.25. The molecule has 2 aliphatic heterocycles. The SMILES string of the molecule is CC(C)(C)C(=O)OCn1ccnc1[C@@H]1Nc2ccccc2[C@H]2[C@@H]1CCN2C(O)[C@H]1CCCC[C@H]1NC(=O)c1ccccc1. The van der Waals surface area contributed by atoms with Gasteiger partial charge >= 0.3 is 5.97 Å². The number of nitrogens with zero attached hydrogens (tertiary/aromatic N) is 3. The fraction of sp³-hybridized carbons (Fsp3) is 0.500. The molecule has 3 N–H and O–H groups in total. The first-order chi connectivity index (χ1) is 20.7. The molecule has 1 amide bonds. The molecule has 0 bridgehead atoms. The molecular weight excluding hydrogens is 542 g/mol. The molecule has 3 aliphatic rings. The number of para-hydroxylation sites is 1. The Kier molecular flexibility index (Phi) is 8.29. The van der Waals surface area contributed by atoms with Crippen LogP contribution in [0.3, 0.4) is 0 Å². The average Bonchev–Trinajstić information content (AvgIpc) is 3.67. The van der Waals surface area contributed by atoms with E-state index in [1.165, 1.54) is 5.56 Å². The van der Waals surface area contributed by atoms with E-state index in [9.17, 15) is 14.7 Å². The molecule has 43 heavy (non-hydrogen) atoms. The van der Waals surface area contributed by atoms with Crippen molar-refractivity contribution >= 4 is 17.6 Å². The molecule has 6 atom stereocenters. The minimum atomic E-state index is -0.698. The van der Waals surface area contributed by atoms with Crippen LogP contribution in [0, 0.1) is 17.3 Å². The van der Waals surface area contributed by atoms with Crippen molar-refractivity contribution in [2.24, 2.45) is 17.3 Å². The number of ether oxygens (including phenoxy) is 1. The summed E-state index contributed by atoms with van der Waals surface area (Å²) in [6, 6.07) is 17.4. The zero-order chi connectivity index (χ0) is 30.1. The van der Waals surface area contributed by atoms with Gasteiger partial charge in [0.15, 0.2) is 6.73 Å². The predicted molar refractivity (Wildman–Crippen MR) is 164 cm³/mol. The van der Waals surface area contributed by atoms with Crippen LogP contribution >= 0.6 is 0 Å². The van der Waals surface area contributed by atoms with Crippen molar-refractivity contribution in [2.45, 2.75) is 84.0 Å². The third kappa shape index (κ3) is 5.93. The van der Waals surface area contributed by atoms with Gasteiger partial charge in [-0.1, -0.05) is 49.2 Å². The van der Waals surface area contributed by atoms with Crippen LogP contribution < -0.4 is 10.6 Å². The summed E-state index contributed by atoms with van der Waals surface area (Å²) in [7, 11) is 0. The smallest absolute Gasteiger partial charge is 0.312 e. The maximum absolute atomic E-state index is 13.1. The first-order valence-electron chi connectivity index (χ1n) is 15.6. The van der Waals surface area contributed by atoms with Gasteiger partial charge in [0.25, 0.3) is 5.91 Å². The standard InChI is InChI=1S/C34H43N5O4/c1-34(2,3)33(42)43-21-38-20-18-35-30(38)28-25-17-19-39(29(25)23-13-7-9-15-26(23)36-28)32(41)24-14-8-10-16-27(24)37-31(40)22-11-5-4-6-12-22/h4-7,9,11-13,15,18,20,24-25,27-29,32,36,41H,8,10,14,16-17,19,21H2,1-3H3,(H,37,40)/t24-,25+,27+,28+,29-,32?/m0/s1. The molecule has 1 aliphatic carbocycles. The van der Waals surface area contributed by atoms with Gasteiger partial charge in [-0.2, -0.15) is 0 Å². The fourth-order valence-electron chi connectivity index (χ4n) is 7.15. The molecule has 0 radical (unpaired) electrons. The zero-order valence-electron chi connectivity index (χ0n) is 25.3. The summed E-state index contributed by atoms with van der Waals surface area (Å²) >= 11 is 0. The van der Waals surface area contributed by atoms with E-state index in [1.54, 1.807) is 6.20 Å². The largest absolute Gasteiger partial charge is 0.443 e. The fourth-order valence-corrected chi connectivity index (χ4v) is 7.15. The molecule has 3 heterocycles. The maximum Gasteiger partial charge on any atom is 0.312 e. The number of benzene rings is 2. The Bertz CT molecular complexity index is 1430. The molecule has 3 aromatic rings. The number of aromatic nitrogens is 2. The van der Waals surface area contributed by atoms with Crippen molar-refractivity contribution < 1.29 is 19.4 Å². The lowest BCUT2D eigenvalue weighted by Gasteiger charge is -2.44. The van der Waals surface area contributed by atoms with Gasteiger partial charge in [-0.3, -0.25) is 19.1 Å². The van der Waals surface area contributed by atoms with E-state index in [-0.39, 0.29) is 48.6 Å². The highest BCUT2D eigenvalue weighted by Crippen LogP contribution is 2.52. The van der Waals surface area contributed by atoms with Crippen molar-refractivity contribution in [1.29, 1.82) is 0 Å². The number of amides is 1. The minimum Gasteiger partial charge on any atom is -0.443 e. The molecule has 9 nitrogen and oxygen atoms in total. The molecule has 6 rings (SSSR count). The number of aliphatic hydroxyl groups excluding tert-OH is 1. The molecular formula is C34H43N5O4. The lowest BCUT2D eigenvalue weighted by molar-refractivity contribution is -0.157. The number of anilines is 1. The number of esters is 1. The lowest BCUT2D eigenvalue weighted by atomic mass is 9.80. The Morgan fingerprint density at radius 1 is 1.07 bits per heavy atom. The van der Waals surface area contributed by atoms with Crippen molar-refractivity contribution in [3.63, 3.8) is 0 Å². The predicted octanol–water partition coefficient (Wildman–Crippen LogP) is 5.27. The van der Waals surface area contributed by atoms with Crippen molar-refractivity contribution in [1.82, 2.24) is 19.8 Å².